The Balaban J connectivity index is 1.62. The minimum Gasteiger partial charge on any atom is -0.454 e. The molecule has 0 aromatic heterocycles. The molecule has 0 saturated heterocycles. The van der Waals surface area contributed by atoms with Gasteiger partial charge >= 0.3 is 0 Å². The normalized spacial score (nSPS) is 12.3. The van der Waals surface area contributed by atoms with Gasteiger partial charge in [-0.05, 0) is 42.3 Å². The summed E-state index contributed by atoms with van der Waals surface area (Å²) in [5.41, 5.74) is 2.66. The number of rotatable bonds is 5. The minimum absolute atomic E-state index is 0.0384. The van der Waals surface area contributed by atoms with E-state index in [1.807, 2.05) is 56.3 Å². The number of carbonyl (C=O) groups excluding carboxylic acids is 1. The van der Waals surface area contributed by atoms with E-state index in [1.54, 1.807) is 0 Å². The highest BCUT2D eigenvalue weighted by molar-refractivity contribution is 5.91. The van der Waals surface area contributed by atoms with E-state index < -0.39 is 0 Å². The third kappa shape index (κ3) is 3.94. The van der Waals surface area contributed by atoms with Gasteiger partial charge in [0, 0.05) is 29.5 Å². The fourth-order valence-electron chi connectivity index (χ4n) is 2.36. The summed E-state index contributed by atoms with van der Waals surface area (Å²) < 4.78 is 10.7. The summed E-state index contributed by atoms with van der Waals surface area (Å²) in [6.07, 6.45) is 0.525. The largest absolute Gasteiger partial charge is 0.454 e. The molecule has 1 amide bonds. The Morgan fingerprint density at radius 3 is 2.39 bits per heavy atom. The number of fused-ring (bicyclic) bond motifs is 1. The Labute approximate surface area is 135 Å². The van der Waals surface area contributed by atoms with Gasteiger partial charge in [-0.15, -0.1) is 0 Å². The summed E-state index contributed by atoms with van der Waals surface area (Å²) in [5, 5.41) is 6.19. The molecule has 0 spiro atoms. The summed E-state index contributed by atoms with van der Waals surface area (Å²) >= 11 is 0. The van der Waals surface area contributed by atoms with Crippen LogP contribution in [0.4, 0.5) is 17.1 Å². The van der Waals surface area contributed by atoms with Gasteiger partial charge in [0.05, 0.1) is 0 Å². The van der Waals surface area contributed by atoms with Crippen molar-refractivity contribution in [2.75, 3.05) is 17.4 Å². The first-order valence-electron chi connectivity index (χ1n) is 7.67. The summed E-state index contributed by atoms with van der Waals surface area (Å²) in [6, 6.07) is 13.3. The lowest BCUT2D eigenvalue weighted by molar-refractivity contribution is -0.116. The van der Waals surface area contributed by atoms with E-state index in [0.29, 0.717) is 12.3 Å². The SMILES string of the molecule is CC(C)CC(=O)Nc1ccc(Nc2ccc3c(c2)OCO3)cc1. The molecule has 0 saturated carbocycles. The number of hydrogen-bond acceptors (Lipinski definition) is 4. The van der Waals surface area contributed by atoms with Crippen molar-refractivity contribution < 1.29 is 14.3 Å². The average molecular weight is 312 g/mol. The zero-order valence-electron chi connectivity index (χ0n) is 13.3. The standard InChI is InChI=1S/C18H20N2O3/c1-12(2)9-18(21)20-14-5-3-13(4-6-14)19-15-7-8-16-17(10-15)23-11-22-16/h3-8,10,12,19H,9,11H2,1-2H3,(H,20,21). The van der Waals surface area contributed by atoms with Crippen LogP contribution in [0.15, 0.2) is 42.5 Å². The number of amides is 1. The van der Waals surface area contributed by atoms with E-state index in [2.05, 4.69) is 10.6 Å². The molecule has 0 atom stereocenters. The van der Waals surface area contributed by atoms with E-state index in [0.717, 1.165) is 28.6 Å². The molecular weight excluding hydrogens is 292 g/mol. The fourth-order valence-corrected chi connectivity index (χ4v) is 2.36. The van der Waals surface area contributed by atoms with Crippen molar-refractivity contribution in [3.05, 3.63) is 42.5 Å². The molecule has 3 rings (SSSR count). The predicted octanol–water partition coefficient (Wildman–Crippen LogP) is 4.14. The second kappa shape index (κ2) is 6.60. The lowest BCUT2D eigenvalue weighted by atomic mass is 10.1. The van der Waals surface area contributed by atoms with E-state index in [-0.39, 0.29) is 12.7 Å². The molecule has 5 nitrogen and oxygen atoms in total. The predicted molar refractivity (Wildman–Crippen MR) is 90.4 cm³/mol. The zero-order valence-corrected chi connectivity index (χ0v) is 13.3. The third-order valence-corrected chi connectivity index (χ3v) is 3.42. The molecule has 0 bridgehead atoms. The summed E-state index contributed by atoms with van der Waals surface area (Å²) in [4.78, 5) is 11.8. The lowest BCUT2D eigenvalue weighted by Gasteiger charge is -2.10. The monoisotopic (exact) mass is 312 g/mol. The molecule has 0 unspecified atom stereocenters. The number of nitrogens with one attached hydrogen (secondary N) is 2. The number of anilines is 3. The number of hydrogen-bond donors (Lipinski definition) is 2. The summed E-state index contributed by atoms with van der Waals surface area (Å²) in [6.45, 7) is 4.32. The van der Waals surface area contributed by atoms with Crippen LogP contribution in [0.25, 0.3) is 0 Å². The first kappa shape index (κ1) is 15.2. The quantitative estimate of drug-likeness (QED) is 0.871. The van der Waals surface area contributed by atoms with Crippen LogP contribution >= 0.6 is 0 Å². The second-order valence-corrected chi connectivity index (χ2v) is 5.92. The molecule has 2 N–H and O–H groups in total. The van der Waals surface area contributed by atoms with Gasteiger partial charge in [-0.2, -0.15) is 0 Å². The van der Waals surface area contributed by atoms with Crippen molar-refractivity contribution >= 4 is 23.0 Å². The molecule has 1 aliphatic heterocycles. The molecule has 1 aliphatic rings. The minimum atomic E-state index is 0.0384. The molecule has 1 heterocycles. The molecule has 120 valence electrons. The van der Waals surface area contributed by atoms with Crippen LogP contribution in [0.3, 0.4) is 0 Å². The van der Waals surface area contributed by atoms with Crippen molar-refractivity contribution in [1.82, 2.24) is 0 Å². The van der Waals surface area contributed by atoms with Crippen molar-refractivity contribution in [2.24, 2.45) is 5.92 Å². The van der Waals surface area contributed by atoms with Crippen LogP contribution in [0.1, 0.15) is 20.3 Å². The number of ether oxygens (including phenoxy) is 2. The van der Waals surface area contributed by atoms with E-state index in [4.69, 9.17) is 9.47 Å². The van der Waals surface area contributed by atoms with Gasteiger partial charge in [0.1, 0.15) is 0 Å². The molecule has 0 aliphatic carbocycles. The van der Waals surface area contributed by atoms with Crippen LogP contribution in [0.2, 0.25) is 0 Å². The lowest BCUT2D eigenvalue weighted by Crippen LogP contribution is -2.13. The zero-order chi connectivity index (χ0) is 16.2. The van der Waals surface area contributed by atoms with Crippen LogP contribution in [0, 0.1) is 5.92 Å². The van der Waals surface area contributed by atoms with E-state index in [9.17, 15) is 4.79 Å². The van der Waals surface area contributed by atoms with E-state index >= 15 is 0 Å². The topological polar surface area (TPSA) is 59.6 Å². The van der Waals surface area contributed by atoms with Gasteiger partial charge < -0.3 is 20.1 Å². The van der Waals surface area contributed by atoms with Gasteiger partial charge in [-0.25, -0.2) is 0 Å². The smallest absolute Gasteiger partial charge is 0.231 e. The second-order valence-electron chi connectivity index (χ2n) is 5.92. The van der Waals surface area contributed by atoms with Gasteiger partial charge in [0.25, 0.3) is 0 Å². The van der Waals surface area contributed by atoms with Gasteiger partial charge in [-0.1, -0.05) is 13.8 Å². The highest BCUT2D eigenvalue weighted by Gasteiger charge is 2.13. The summed E-state index contributed by atoms with van der Waals surface area (Å²) in [5.74, 6) is 1.89. The Hall–Kier alpha value is -2.69. The maximum atomic E-state index is 11.8. The highest BCUT2D eigenvalue weighted by Crippen LogP contribution is 2.35. The van der Waals surface area contributed by atoms with Gasteiger partial charge in [-0.3, -0.25) is 4.79 Å². The molecule has 23 heavy (non-hydrogen) atoms. The maximum absolute atomic E-state index is 11.8. The Morgan fingerprint density at radius 2 is 1.65 bits per heavy atom. The molecule has 5 heteroatoms. The van der Waals surface area contributed by atoms with Crippen molar-refractivity contribution in [3.63, 3.8) is 0 Å². The summed E-state index contributed by atoms with van der Waals surface area (Å²) in [7, 11) is 0. The Morgan fingerprint density at radius 1 is 1.00 bits per heavy atom. The number of benzene rings is 2. The van der Waals surface area contributed by atoms with Gasteiger partial charge in [0.2, 0.25) is 12.7 Å². The van der Waals surface area contributed by atoms with E-state index in [1.165, 1.54) is 0 Å². The first-order chi connectivity index (χ1) is 11.1. The molecule has 2 aromatic carbocycles. The van der Waals surface area contributed by atoms with Crippen molar-refractivity contribution in [3.8, 4) is 11.5 Å². The molecule has 0 radical (unpaired) electrons. The Bertz CT molecular complexity index is 696. The first-order valence-corrected chi connectivity index (χ1v) is 7.67. The average Bonchev–Trinajstić information content (AvgIpc) is 2.96. The van der Waals surface area contributed by atoms with Crippen LogP contribution in [-0.2, 0) is 4.79 Å². The number of carbonyl (C=O) groups is 1. The van der Waals surface area contributed by atoms with Crippen molar-refractivity contribution in [1.29, 1.82) is 0 Å². The van der Waals surface area contributed by atoms with Crippen molar-refractivity contribution in [2.45, 2.75) is 20.3 Å². The molecular formula is C18H20N2O3. The molecule has 2 aromatic rings. The maximum Gasteiger partial charge on any atom is 0.231 e. The van der Waals surface area contributed by atoms with Gasteiger partial charge in [0.15, 0.2) is 11.5 Å². The van der Waals surface area contributed by atoms with Crippen LogP contribution in [-0.4, -0.2) is 12.7 Å². The van der Waals surface area contributed by atoms with Crippen LogP contribution < -0.4 is 20.1 Å². The highest BCUT2D eigenvalue weighted by atomic mass is 16.7. The Kier molecular flexibility index (Phi) is 4.37. The third-order valence-electron chi connectivity index (χ3n) is 3.42. The fraction of sp³-hybridized carbons (Fsp3) is 0.278. The van der Waals surface area contributed by atoms with Crippen LogP contribution in [0.5, 0.6) is 11.5 Å². The molecule has 0 fully saturated rings.